The van der Waals surface area contributed by atoms with E-state index in [9.17, 15) is 0 Å². The van der Waals surface area contributed by atoms with Crippen molar-refractivity contribution in [1.29, 1.82) is 0 Å². The van der Waals surface area contributed by atoms with Crippen LogP contribution in [0.3, 0.4) is 0 Å². The fourth-order valence-electron chi connectivity index (χ4n) is 1.68. The lowest BCUT2D eigenvalue weighted by Gasteiger charge is -2.10. The summed E-state index contributed by atoms with van der Waals surface area (Å²) in [5, 5.41) is 0. The van der Waals surface area contributed by atoms with Gasteiger partial charge in [0.25, 0.3) is 0 Å². The zero-order valence-electron chi connectivity index (χ0n) is 10.5. The Morgan fingerprint density at radius 2 is 1.67 bits per heavy atom. The van der Waals surface area contributed by atoms with E-state index in [0.29, 0.717) is 0 Å². The van der Waals surface area contributed by atoms with Crippen LogP contribution in [-0.2, 0) is 0 Å². The van der Waals surface area contributed by atoms with E-state index in [4.69, 9.17) is 5.73 Å². The van der Waals surface area contributed by atoms with E-state index in [-0.39, 0.29) is 6.04 Å². The largest absolute Gasteiger partial charge is 0.324 e. The summed E-state index contributed by atoms with van der Waals surface area (Å²) in [6.07, 6.45) is 0. The van der Waals surface area contributed by atoms with Crippen molar-refractivity contribution < 1.29 is 0 Å². The van der Waals surface area contributed by atoms with Gasteiger partial charge in [-0.2, -0.15) is 0 Å². The standard InChI is InChI=1S/C15H16BrNS/c1-10-3-5-12(6-4-10)18-13-7-8-14(11(2)17)15(16)9-13/h3-9,11H,17H2,1-2H3. The molecule has 0 heterocycles. The van der Waals surface area contributed by atoms with Gasteiger partial charge in [0.15, 0.2) is 0 Å². The molecule has 0 aliphatic heterocycles. The van der Waals surface area contributed by atoms with E-state index >= 15 is 0 Å². The Labute approximate surface area is 121 Å². The molecule has 1 atom stereocenters. The van der Waals surface area contributed by atoms with Crippen LogP contribution in [0.5, 0.6) is 0 Å². The van der Waals surface area contributed by atoms with Gasteiger partial charge in [0, 0.05) is 20.3 Å². The van der Waals surface area contributed by atoms with Gasteiger partial charge in [-0.1, -0.05) is 51.5 Å². The van der Waals surface area contributed by atoms with Crippen molar-refractivity contribution >= 4 is 27.7 Å². The van der Waals surface area contributed by atoms with Crippen LogP contribution in [0.1, 0.15) is 24.1 Å². The Morgan fingerprint density at radius 3 is 2.22 bits per heavy atom. The molecule has 0 amide bonds. The zero-order chi connectivity index (χ0) is 13.1. The average molecular weight is 322 g/mol. The van der Waals surface area contributed by atoms with E-state index < -0.39 is 0 Å². The first-order valence-corrected chi connectivity index (χ1v) is 7.47. The molecule has 0 radical (unpaired) electrons. The van der Waals surface area contributed by atoms with Crippen molar-refractivity contribution in [2.75, 3.05) is 0 Å². The minimum absolute atomic E-state index is 0.0535. The van der Waals surface area contributed by atoms with E-state index in [0.717, 1.165) is 10.0 Å². The third-order valence-electron chi connectivity index (χ3n) is 2.72. The van der Waals surface area contributed by atoms with Crippen LogP contribution < -0.4 is 5.73 Å². The fourth-order valence-corrected chi connectivity index (χ4v) is 3.43. The number of halogens is 1. The minimum atomic E-state index is 0.0535. The van der Waals surface area contributed by atoms with Crippen LogP contribution in [0.2, 0.25) is 0 Å². The zero-order valence-corrected chi connectivity index (χ0v) is 12.9. The third kappa shape index (κ3) is 3.37. The van der Waals surface area contributed by atoms with Crippen molar-refractivity contribution in [2.24, 2.45) is 5.73 Å². The second kappa shape index (κ2) is 5.91. The molecule has 1 nitrogen and oxygen atoms in total. The molecule has 0 spiro atoms. The first-order chi connectivity index (χ1) is 8.56. The summed E-state index contributed by atoms with van der Waals surface area (Å²) in [6.45, 7) is 4.09. The van der Waals surface area contributed by atoms with Crippen molar-refractivity contribution in [3.63, 3.8) is 0 Å². The third-order valence-corrected chi connectivity index (χ3v) is 4.40. The highest BCUT2D eigenvalue weighted by Crippen LogP contribution is 2.32. The molecule has 0 bridgehead atoms. The molecule has 0 saturated carbocycles. The molecule has 0 aliphatic rings. The van der Waals surface area contributed by atoms with Crippen molar-refractivity contribution in [1.82, 2.24) is 0 Å². The first-order valence-electron chi connectivity index (χ1n) is 5.86. The predicted molar refractivity (Wildman–Crippen MR) is 82.0 cm³/mol. The van der Waals surface area contributed by atoms with Crippen LogP contribution in [0.25, 0.3) is 0 Å². The molecule has 18 heavy (non-hydrogen) atoms. The quantitative estimate of drug-likeness (QED) is 0.867. The summed E-state index contributed by atoms with van der Waals surface area (Å²) in [6, 6.07) is 14.9. The van der Waals surface area contributed by atoms with Crippen LogP contribution >= 0.6 is 27.7 Å². The Hall–Kier alpha value is -0.770. The highest BCUT2D eigenvalue weighted by molar-refractivity contribution is 9.10. The van der Waals surface area contributed by atoms with E-state index in [1.807, 2.05) is 6.92 Å². The monoisotopic (exact) mass is 321 g/mol. The van der Waals surface area contributed by atoms with Crippen molar-refractivity contribution in [2.45, 2.75) is 29.7 Å². The number of benzene rings is 2. The molecule has 0 fully saturated rings. The lowest BCUT2D eigenvalue weighted by Crippen LogP contribution is -2.05. The number of nitrogens with two attached hydrogens (primary N) is 1. The Balaban J connectivity index is 2.20. The van der Waals surface area contributed by atoms with Gasteiger partial charge in [-0.25, -0.2) is 0 Å². The SMILES string of the molecule is Cc1ccc(Sc2ccc(C(C)N)c(Br)c2)cc1. The Kier molecular flexibility index (Phi) is 4.49. The summed E-state index contributed by atoms with van der Waals surface area (Å²) < 4.78 is 1.08. The lowest BCUT2D eigenvalue weighted by atomic mass is 10.1. The molecular weight excluding hydrogens is 306 g/mol. The summed E-state index contributed by atoms with van der Waals surface area (Å²) in [7, 11) is 0. The van der Waals surface area contributed by atoms with Gasteiger partial charge < -0.3 is 5.73 Å². The van der Waals surface area contributed by atoms with E-state index in [1.165, 1.54) is 15.4 Å². The molecule has 94 valence electrons. The second-order valence-electron chi connectivity index (χ2n) is 4.39. The molecule has 0 aromatic heterocycles. The molecule has 0 saturated heterocycles. The molecule has 2 rings (SSSR count). The second-order valence-corrected chi connectivity index (χ2v) is 6.39. The maximum absolute atomic E-state index is 5.90. The highest BCUT2D eigenvalue weighted by atomic mass is 79.9. The Bertz CT molecular complexity index is 535. The van der Waals surface area contributed by atoms with Gasteiger partial charge in [-0.05, 0) is 43.7 Å². The maximum Gasteiger partial charge on any atom is 0.0277 e. The van der Waals surface area contributed by atoms with Crippen LogP contribution in [0.4, 0.5) is 0 Å². The van der Waals surface area contributed by atoms with Crippen LogP contribution in [0, 0.1) is 6.92 Å². The molecule has 0 aliphatic carbocycles. The number of hydrogen-bond acceptors (Lipinski definition) is 2. The van der Waals surface area contributed by atoms with Crippen LogP contribution in [0.15, 0.2) is 56.7 Å². The molecule has 2 N–H and O–H groups in total. The van der Waals surface area contributed by atoms with Gasteiger partial charge in [0.05, 0.1) is 0 Å². The average Bonchev–Trinajstić information content (AvgIpc) is 2.32. The van der Waals surface area contributed by atoms with E-state index in [1.54, 1.807) is 11.8 Å². The lowest BCUT2D eigenvalue weighted by molar-refractivity contribution is 0.811. The molecule has 2 aromatic rings. The fraction of sp³-hybridized carbons (Fsp3) is 0.200. The van der Waals surface area contributed by atoms with Gasteiger partial charge in [0.1, 0.15) is 0 Å². The maximum atomic E-state index is 5.90. The topological polar surface area (TPSA) is 26.0 Å². The van der Waals surface area contributed by atoms with Gasteiger partial charge in [-0.15, -0.1) is 0 Å². The summed E-state index contributed by atoms with van der Waals surface area (Å²) in [5.41, 5.74) is 8.32. The van der Waals surface area contributed by atoms with Gasteiger partial charge in [-0.3, -0.25) is 0 Å². The number of rotatable bonds is 3. The number of hydrogen-bond donors (Lipinski definition) is 1. The molecule has 1 unspecified atom stereocenters. The highest BCUT2D eigenvalue weighted by Gasteiger charge is 2.06. The molecule has 2 aromatic carbocycles. The normalized spacial score (nSPS) is 12.4. The van der Waals surface area contributed by atoms with Crippen molar-refractivity contribution in [3.8, 4) is 0 Å². The molecular formula is C15H16BrNS. The summed E-state index contributed by atoms with van der Waals surface area (Å²) >= 11 is 5.34. The Morgan fingerprint density at radius 1 is 1.06 bits per heavy atom. The minimum Gasteiger partial charge on any atom is -0.324 e. The summed E-state index contributed by atoms with van der Waals surface area (Å²) in [4.78, 5) is 2.47. The van der Waals surface area contributed by atoms with E-state index in [2.05, 4.69) is 65.3 Å². The predicted octanol–water partition coefficient (Wildman–Crippen LogP) is 4.93. The molecule has 3 heteroatoms. The van der Waals surface area contributed by atoms with Crippen LogP contribution in [-0.4, -0.2) is 0 Å². The first kappa shape index (κ1) is 13.7. The summed E-state index contributed by atoms with van der Waals surface area (Å²) in [5.74, 6) is 0. The van der Waals surface area contributed by atoms with Crippen molar-refractivity contribution in [3.05, 3.63) is 58.1 Å². The van der Waals surface area contributed by atoms with Gasteiger partial charge in [0.2, 0.25) is 0 Å². The number of aryl methyl sites for hydroxylation is 1. The smallest absolute Gasteiger partial charge is 0.0277 e. The van der Waals surface area contributed by atoms with Gasteiger partial charge >= 0.3 is 0 Å².